The Morgan fingerprint density at radius 3 is 2.43 bits per heavy atom. The Bertz CT molecular complexity index is 897. The monoisotopic (exact) mass is 381 g/mol. The first-order valence-electron chi connectivity index (χ1n) is 8.69. The second kappa shape index (κ2) is 8.34. The summed E-state index contributed by atoms with van der Waals surface area (Å²) in [6, 6.07) is 13.9. The van der Waals surface area contributed by atoms with Crippen LogP contribution in [0.15, 0.2) is 54.6 Å². The number of benzene rings is 2. The highest BCUT2D eigenvalue weighted by atomic mass is 16.4. The van der Waals surface area contributed by atoms with Crippen LogP contribution in [0.4, 0.5) is 4.79 Å². The Morgan fingerprint density at radius 1 is 1.07 bits per heavy atom. The van der Waals surface area contributed by atoms with Crippen LogP contribution < -0.4 is 10.6 Å². The van der Waals surface area contributed by atoms with E-state index in [2.05, 4.69) is 10.6 Å². The summed E-state index contributed by atoms with van der Waals surface area (Å²) < 4.78 is 0. The molecule has 1 heterocycles. The van der Waals surface area contributed by atoms with E-state index in [-0.39, 0.29) is 31.0 Å². The molecule has 144 valence electrons. The number of carboxylic acid groups (broad SMARTS) is 1. The summed E-state index contributed by atoms with van der Waals surface area (Å²) in [7, 11) is 0. The number of rotatable bonds is 7. The summed E-state index contributed by atoms with van der Waals surface area (Å²) in [5.74, 6) is -2.01. The average molecular weight is 381 g/mol. The lowest BCUT2D eigenvalue weighted by molar-refractivity contribution is -0.139. The Labute approximate surface area is 161 Å². The molecule has 0 unspecified atom stereocenters. The van der Waals surface area contributed by atoms with Gasteiger partial charge in [-0.25, -0.2) is 9.59 Å². The van der Waals surface area contributed by atoms with Gasteiger partial charge in [0.15, 0.2) is 0 Å². The molecule has 4 amide bonds. The predicted octanol–water partition coefficient (Wildman–Crippen LogP) is 1.16. The zero-order valence-electron chi connectivity index (χ0n) is 14.9. The normalized spacial score (nSPS) is 14.5. The largest absolute Gasteiger partial charge is 0.480 e. The number of urea groups is 1. The maximum Gasteiger partial charge on any atom is 0.326 e. The highest BCUT2D eigenvalue weighted by Gasteiger charge is 2.28. The summed E-state index contributed by atoms with van der Waals surface area (Å²) >= 11 is 0. The van der Waals surface area contributed by atoms with E-state index in [1.165, 1.54) is 6.07 Å². The van der Waals surface area contributed by atoms with Crippen molar-refractivity contribution >= 4 is 23.8 Å². The van der Waals surface area contributed by atoms with E-state index in [0.717, 1.165) is 10.5 Å². The average Bonchev–Trinajstić information content (AvgIpc) is 3.00. The van der Waals surface area contributed by atoms with Crippen molar-refractivity contribution in [1.29, 1.82) is 0 Å². The fraction of sp³-hybridized carbons (Fsp3) is 0.200. The van der Waals surface area contributed by atoms with E-state index in [4.69, 9.17) is 0 Å². The fourth-order valence-corrected chi connectivity index (χ4v) is 2.90. The van der Waals surface area contributed by atoms with Crippen LogP contribution in [0.5, 0.6) is 0 Å². The molecule has 0 bridgehead atoms. The molecule has 0 aromatic heterocycles. The molecule has 0 aliphatic carbocycles. The molecule has 2 aromatic carbocycles. The summed E-state index contributed by atoms with van der Waals surface area (Å²) in [6.07, 6.45) is 0.157. The van der Waals surface area contributed by atoms with Crippen molar-refractivity contribution in [3.63, 3.8) is 0 Å². The Balaban J connectivity index is 1.70. The van der Waals surface area contributed by atoms with Gasteiger partial charge < -0.3 is 15.7 Å². The lowest BCUT2D eigenvalue weighted by Crippen LogP contribution is -2.42. The molecular weight excluding hydrogens is 362 g/mol. The number of amides is 4. The van der Waals surface area contributed by atoms with Crippen LogP contribution >= 0.6 is 0 Å². The molecule has 3 rings (SSSR count). The van der Waals surface area contributed by atoms with E-state index >= 15 is 0 Å². The minimum atomic E-state index is -1.13. The van der Waals surface area contributed by atoms with Gasteiger partial charge >= 0.3 is 12.0 Å². The van der Waals surface area contributed by atoms with Crippen LogP contribution in [0.2, 0.25) is 0 Å². The number of aliphatic carboxylic acids is 1. The topological polar surface area (TPSA) is 116 Å². The minimum Gasteiger partial charge on any atom is -0.480 e. The maximum atomic E-state index is 12.5. The Hall–Kier alpha value is -3.68. The third-order valence-corrected chi connectivity index (χ3v) is 4.35. The van der Waals surface area contributed by atoms with Crippen molar-refractivity contribution in [2.24, 2.45) is 0 Å². The number of nitrogens with one attached hydrogen (secondary N) is 2. The van der Waals surface area contributed by atoms with Crippen molar-refractivity contribution in [3.05, 3.63) is 71.3 Å². The highest BCUT2D eigenvalue weighted by Crippen LogP contribution is 2.12. The van der Waals surface area contributed by atoms with Gasteiger partial charge in [0.05, 0.1) is 13.1 Å². The molecule has 0 radical (unpaired) electrons. The molecule has 8 nitrogen and oxygen atoms in total. The first kappa shape index (κ1) is 19.1. The second-order valence-corrected chi connectivity index (χ2v) is 6.39. The number of hydrogen-bond donors (Lipinski definition) is 3. The summed E-state index contributed by atoms with van der Waals surface area (Å²) in [5.41, 5.74) is 1.64. The third kappa shape index (κ3) is 4.53. The molecular formula is C20H19N3O5. The SMILES string of the molecule is O=C(N[C@@H](Cc1ccccc1)C(=O)O)c1cccc(CN2C(=O)CNC2=O)c1. The smallest absolute Gasteiger partial charge is 0.326 e. The molecule has 2 aromatic rings. The molecule has 1 aliphatic rings. The van der Waals surface area contributed by atoms with Crippen LogP contribution in [-0.2, 0) is 22.6 Å². The second-order valence-electron chi connectivity index (χ2n) is 6.39. The zero-order valence-corrected chi connectivity index (χ0v) is 14.9. The zero-order chi connectivity index (χ0) is 20.1. The van der Waals surface area contributed by atoms with Gasteiger partial charge in [0, 0.05) is 12.0 Å². The van der Waals surface area contributed by atoms with Crippen molar-refractivity contribution in [2.75, 3.05) is 6.54 Å². The molecule has 3 N–H and O–H groups in total. The third-order valence-electron chi connectivity index (χ3n) is 4.35. The standard InChI is InChI=1S/C20H19N3O5/c24-17-11-21-20(28)23(17)12-14-7-4-8-15(9-14)18(25)22-16(19(26)27)10-13-5-2-1-3-6-13/h1-9,16H,10-12H2,(H,21,28)(H,22,25)(H,26,27)/t16-/m0/s1. The quantitative estimate of drug-likeness (QED) is 0.623. The summed E-state index contributed by atoms with van der Waals surface area (Å²) in [6.45, 7) is -0.00303. The van der Waals surface area contributed by atoms with E-state index in [9.17, 15) is 24.3 Å². The van der Waals surface area contributed by atoms with Crippen molar-refractivity contribution < 1.29 is 24.3 Å². The molecule has 28 heavy (non-hydrogen) atoms. The van der Waals surface area contributed by atoms with Gasteiger partial charge in [-0.2, -0.15) is 0 Å². The Morgan fingerprint density at radius 2 is 1.79 bits per heavy atom. The highest BCUT2D eigenvalue weighted by molar-refractivity contribution is 6.02. The predicted molar refractivity (Wildman–Crippen MR) is 99.4 cm³/mol. The number of hydrogen-bond acceptors (Lipinski definition) is 4. The number of carboxylic acids is 1. The van der Waals surface area contributed by atoms with E-state index < -0.39 is 23.9 Å². The Kier molecular flexibility index (Phi) is 5.69. The van der Waals surface area contributed by atoms with Crippen LogP contribution in [0, 0.1) is 0 Å². The van der Waals surface area contributed by atoms with Crippen LogP contribution in [0.1, 0.15) is 21.5 Å². The summed E-state index contributed by atoms with van der Waals surface area (Å²) in [5, 5.41) is 14.4. The lowest BCUT2D eigenvalue weighted by atomic mass is 10.0. The fourth-order valence-electron chi connectivity index (χ4n) is 2.90. The van der Waals surface area contributed by atoms with Gasteiger partial charge in [0.25, 0.3) is 5.91 Å². The van der Waals surface area contributed by atoms with Gasteiger partial charge in [-0.3, -0.25) is 14.5 Å². The molecule has 1 atom stereocenters. The molecule has 1 fully saturated rings. The molecule has 0 saturated carbocycles. The minimum absolute atomic E-state index is 0.0398. The van der Waals surface area contributed by atoms with Gasteiger partial charge in [0.1, 0.15) is 6.04 Å². The first-order chi connectivity index (χ1) is 13.4. The van der Waals surface area contributed by atoms with Crippen molar-refractivity contribution in [2.45, 2.75) is 19.0 Å². The molecule has 0 spiro atoms. The van der Waals surface area contributed by atoms with Gasteiger partial charge in [-0.1, -0.05) is 42.5 Å². The van der Waals surface area contributed by atoms with Gasteiger partial charge in [-0.15, -0.1) is 0 Å². The number of carbonyl (C=O) groups excluding carboxylic acids is 3. The van der Waals surface area contributed by atoms with E-state index in [1.807, 2.05) is 6.07 Å². The van der Waals surface area contributed by atoms with E-state index in [1.54, 1.807) is 42.5 Å². The van der Waals surface area contributed by atoms with Crippen LogP contribution in [0.25, 0.3) is 0 Å². The van der Waals surface area contributed by atoms with Crippen LogP contribution in [-0.4, -0.2) is 46.4 Å². The molecule has 1 saturated heterocycles. The molecule has 8 heteroatoms. The number of carbonyl (C=O) groups is 4. The summed E-state index contributed by atoms with van der Waals surface area (Å²) in [4.78, 5) is 48.5. The van der Waals surface area contributed by atoms with Crippen LogP contribution in [0.3, 0.4) is 0 Å². The number of nitrogens with zero attached hydrogens (tertiary/aromatic N) is 1. The van der Waals surface area contributed by atoms with Gasteiger partial charge in [0.2, 0.25) is 5.91 Å². The maximum absolute atomic E-state index is 12.5. The van der Waals surface area contributed by atoms with Crippen molar-refractivity contribution in [3.8, 4) is 0 Å². The lowest BCUT2D eigenvalue weighted by Gasteiger charge is -2.16. The van der Waals surface area contributed by atoms with E-state index in [0.29, 0.717) is 5.56 Å². The first-order valence-corrected chi connectivity index (χ1v) is 8.69. The molecule has 1 aliphatic heterocycles. The van der Waals surface area contributed by atoms with Gasteiger partial charge in [-0.05, 0) is 23.3 Å². The van der Waals surface area contributed by atoms with Crippen molar-refractivity contribution in [1.82, 2.24) is 15.5 Å². The number of imide groups is 1.